The molecule has 1 aromatic heterocycles. The molecule has 11 nitrogen and oxygen atoms in total. The van der Waals surface area contributed by atoms with Gasteiger partial charge in [-0.05, 0) is 67.1 Å². The van der Waals surface area contributed by atoms with E-state index in [9.17, 15) is 24.3 Å². The Balaban J connectivity index is 1.24. The Morgan fingerprint density at radius 2 is 1.93 bits per heavy atom. The van der Waals surface area contributed by atoms with Gasteiger partial charge in [-0.1, -0.05) is 12.1 Å². The number of benzene rings is 2. The van der Waals surface area contributed by atoms with Gasteiger partial charge in [0.05, 0.1) is 29.9 Å². The number of anilines is 1. The number of hydrogen-bond donors (Lipinski definition) is 3. The second-order valence-corrected chi connectivity index (χ2v) is 9.87. The van der Waals surface area contributed by atoms with Crippen LogP contribution in [-0.2, 0) is 17.8 Å². The Morgan fingerprint density at radius 3 is 2.67 bits per heavy atom. The average molecular weight is 544 g/mol. The zero-order valence-electron chi connectivity index (χ0n) is 22.1. The third kappa shape index (κ3) is 5.22. The van der Waals surface area contributed by atoms with Gasteiger partial charge in [0.1, 0.15) is 36.4 Å². The Bertz CT molecular complexity index is 1510. The summed E-state index contributed by atoms with van der Waals surface area (Å²) in [6, 6.07) is 9.60. The monoisotopic (exact) mass is 543 g/mol. The minimum absolute atomic E-state index is 0.0476. The summed E-state index contributed by atoms with van der Waals surface area (Å²) in [7, 11) is 0. The molecule has 2 aliphatic rings. The zero-order valence-corrected chi connectivity index (χ0v) is 22.1. The number of carboxylic acid groups (broad SMARTS) is 1. The molecular weight excluding hydrogens is 514 g/mol. The van der Waals surface area contributed by atoms with Crippen LogP contribution in [0.15, 0.2) is 42.7 Å². The summed E-state index contributed by atoms with van der Waals surface area (Å²) in [4.78, 5) is 58.7. The molecular formula is C29H29N5O6. The number of carbonyl (C=O) groups excluding carboxylic acids is 3. The van der Waals surface area contributed by atoms with E-state index in [0.717, 1.165) is 28.7 Å². The highest BCUT2D eigenvalue weighted by molar-refractivity contribution is 5.97. The second kappa shape index (κ2) is 11.1. The van der Waals surface area contributed by atoms with E-state index in [0.29, 0.717) is 37.3 Å². The molecule has 3 N–H and O–H groups in total. The SMILES string of the molecule is Cc1c(C(=O)O)ccc2c1CC[C@@H]2NC(=O)c1cc(C(=O)NCc2ccc3c(c2)N(C(C)C=O)CCO3)ncn1. The molecule has 1 unspecified atom stereocenters. The largest absolute Gasteiger partial charge is 0.490 e. The molecule has 3 aromatic rings. The molecule has 2 amide bonds. The summed E-state index contributed by atoms with van der Waals surface area (Å²) in [6.07, 6.45) is 3.35. The first kappa shape index (κ1) is 26.8. The molecule has 5 rings (SSSR count). The van der Waals surface area contributed by atoms with Gasteiger partial charge in [-0.2, -0.15) is 0 Å². The maximum Gasteiger partial charge on any atom is 0.335 e. The molecule has 2 atom stereocenters. The third-order valence-corrected chi connectivity index (χ3v) is 7.43. The van der Waals surface area contributed by atoms with Gasteiger partial charge in [0.2, 0.25) is 0 Å². The fourth-order valence-corrected chi connectivity index (χ4v) is 5.26. The van der Waals surface area contributed by atoms with Crippen molar-refractivity contribution in [2.75, 3.05) is 18.1 Å². The summed E-state index contributed by atoms with van der Waals surface area (Å²) in [5, 5.41) is 15.1. The van der Waals surface area contributed by atoms with Gasteiger partial charge in [-0.15, -0.1) is 0 Å². The number of aromatic carboxylic acids is 1. The van der Waals surface area contributed by atoms with Crippen LogP contribution in [-0.4, -0.2) is 58.3 Å². The van der Waals surface area contributed by atoms with E-state index in [2.05, 4.69) is 20.6 Å². The molecule has 0 fully saturated rings. The molecule has 11 heteroatoms. The van der Waals surface area contributed by atoms with Crippen LogP contribution in [0.5, 0.6) is 5.75 Å². The molecule has 0 saturated carbocycles. The summed E-state index contributed by atoms with van der Waals surface area (Å²) in [5.74, 6) is -1.21. The molecule has 0 saturated heterocycles. The fourth-order valence-electron chi connectivity index (χ4n) is 5.26. The van der Waals surface area contributed by atoms with Crippen LogP contribution in [0.1, 0.15) is 73.0 Å². The van der Waals surface area contributed by atoms with Gasteiger partial charge in [-0.3, -0.25) is 9.59 Å². The number of carboxylic acids is 1. The lowest BCUT2D eigenvalue weighted by Crippen LogP contribution is -2.40. The predicted molar refractivity (Wildman–Crippen MR) is 145 cm³/mol. The van der Waals surface area contributed by atoms with Crippen LogP contribution in [0.2, 0.25) is 0 Å². The van der Waals surface area contributed by atoms with Crippen LogP contribution in [0.25, 0.3) is 0 Å². The number of ether oxygens (including phenoxy) is 1. The normalized spacial score (nSPS) is 16.2. The van der Waals surface area contributed by atoms with Gasteiger partial charge in [0.15, 0.2) is 0 Å². The summed E-state index contributed by atoms with van der Waals surface area (Å²) in [5.41, 5.74) is 4.50. The molecule has 1 aliphatic carbocycles. The van der Waals surface area contributed by atoms with E-state index in [4.69, 9.17) is 4.74 Å². The smallest absolute Gasteiger partial charge is 0.335 e. The first-order valence-electron chi connectivity index (χ1n) is 13.0. The lowest BCUT2D eigenvalue weighted by molar-refractivity contribution is -0.108. The number of hydrogen-bond acceptors (Lipinski definition) is 8. The van der Waals surface area contributed by atoms with Crippen molar-refractivity contribution in [1.82, 2.24) is 20.6 Å². The van der Waals surface area contributed by atoms with Gasteiger partial charge in [0.25, 0.3) is 11.8 Å². The van der Waals surface area contributed by atoms with Crippen LogP contribution >= 0.6 is 0 Å². The molecule has 2 heterocycles. The number of aromatic nitrogens is 2. The van der Waals surface area contributed by atoms with E-state index in [1.165, 1.54) is 12.4 Å². The minimum Gasteiger partial charge on any atom is -0.490 e. The van der Waals surface area contributed by atoms with Gasteiger partial charge in [0, 0.05) is 12.6 Å². The highest BCUT2D eigenvalue weighted by Crippen LogP contribution is 2.35. The number of rotatable bonds is 8. The third-order valence-electron chi connectivity index (χ3n) is 7.43. The maximum absolute atomic E-state index is 13.0. The van der Waals surface area contributed by atoms with E-state index < -0.39 is 17.8 Å². The summed E-state index contributed by atoms with van der Waals surface area (Å²) < 4.78 is 5.70. The summed E-state index contributed by atoms with van der Waals surface area (Å²) in [6.45, 7) is 4.88. The number of nitrogens with zero attached hydrogens (tertiary/aromatic N) is 3. The lowest BCUT2D eigenvalue weighted by Gasteiger charge is -2.34. The highest BCUT2D eigenvalue weighted by Gasteiger charge is 2.28. The van der Waals surface area contributed by atoms with Crippen molar-refractivity contribution in [1.29, 1.82) is 0 Å². The van der Waals surface area contributed by atoms with Crippen LogP contribution < -0.4 is 20.3 Å². The Hall–Kier alpha value is -4.80. The maximum atomic E-state index is 13.0. The van der Waals surface area contributed by atoms with Crippen molar-refractivity contribution < 1.29 is 29.0 Å². The van der Waals surface area contributed by atoms with Gasteiger partial charge >= 0.3 is 5.97 Å². The molecule has 2 aromatic carbocycles. The highest BCUT2D eigenvalue weighted by atomic mass is 16.5. The molecule has 40 heavy (non-hydrogen) atoms. The standard InChI is InChI=1S/C29H29N5O6/c1-16(14-35)34-9-10-40-26-8-3-18(11-25(26)34)13-30-27(36)23-12-24(32-15-31-23)28(37)33-22-7-6-19-17(2)20(29(38)39)4-5-21(19)22/h3-5,8,11-12,14-16,22H,6-7,9-10,13H2,1-2H3,(H,30,36)(H,33,37)(H,38,39)/t16?,22-/m0/s1. The first-order valence-corrected chi connectivity index (χ1v) is 13.0. The van der Waals surface area contributed by atoms with Crippen LogP contribution in [0.4, 0.5) is 5.69 Å². The fraction of sp³-hybridized carbons (Fsp3) is 0.310. The van der Waals surface area contributed by atoms with Crippen LogP contribution in [0.3, 0.4) is 0 Å². The van der Waals surface area contributed by atoms with Gasteiger partial charge < -0.3 is 30.2 Å². The van der Waals surface area contributed by atoms with E-state index >= 15 is 0 Å². The van der Waals surface area contributed by atoms with Crippen LogP contribution in [0, 0.1) is 6.92 Å². The van der Waals surface area contributed by atoms with Crippen molar-refractivity contribution >= 4 is 29.8 Å². The van der Waals surface area contributed by atoms with Crippen molar-refractivity contribution in [2.45, 2.75) is 45.3 Å². The number of fused-ring (bicyclic) bond motifs is 2. The van der Waals surface area contributed by atoms with E-state index in [-0.39, 0.29) is 35.6 Å². The number of aldehydes is 1. The second-order valence-electron chi connectivity index (χ2n) is 9.87. The Kier molecular flexibility index (Phi) is 7.45. The molecule has 0 bridgehead atoms. The average Bonchev–Trinajstić information content (AvgIpc) is 3.38. The minimum atomic E-state index is -0.977. The van der Waals surface area contributed by atoms with E-state index in [1.54, 1.807) is 19.1 Å². The molecule has 0 spiro atoms. The topological polar surface area (TPSA) is 151 Å². The predicted octanol–water partition coefficient (Wildman–Crippen LogP) is 2.62. The zero-order chi connectivity index (χ0) is 28.4. The van der Waals surface area contributed by atoms with Crippen molar-refractivity contribution in [3.8, 4) is 5.75 Å². The number of nitrogens with one attached hydrogen (secondary N) is 2. The number of amides is 2. The molecule has 1 aliphatic heterocycles. The number of carbonyl (C=O) groups is 4. The molecule has 206 valence electrons. The quantitative estimate of drug-likeness (QED) is 0.364. The Morgan fingerprint density at radius 1 is 1.15 bits per heavy atom. The van der Waals surface area contributed by atoms with Crippen molar-refractivity contribution in [3.05, 3.63) is 81.9 Å². The van der Waals surface area contributed by atoms with Gasteiger partial charge in [-0.25, -0.2) is 14.8 Å². The first-order chi connectivity index (χ1) is 19.3. The lowest BCUT2D eigenvalue weighted by atomic mass is 9.98. The van der Waals surface area contributed by atoms with Crippen molar-refractivity contribution in [2.24, 2.45) is 0 Å². The van der Waals surface area contributed by atoms with Crippen molar-refractivity contribution in [3.63, 3.8) is 0 Å². The molecule has 0 radical (unpaired) electrons. The van der Waals surface area contributed by atoms with E-state index in [1.807, 2.05) is 30.0 Å². The summed E-state index contributed by atoms with van der Waals surface area (Å²) >= 11 is 0. The Labute approximate surface area is 230 Å².